The lowest BCUT2D eigenvalue weighted by Crippen LogP contribution is -2.36. The Morgan fingerprint density at radius 2 is 2.23 bits per heavy atom. The summed E-state index contributed by atoms with van der Waals surface area (Å²) < 4.78 is 5.08. The lowest BCUT2D eigenvalue weighted by atomic mass is 9.95. The van der Waals surface area contributed by atoms with E-state index in [2.05, 4.69) is 16.9 Å². The van der Waals surface area contributed by atoms with Crippen LogP contribution in [0.4, 0.5) is 0 Å². The molecule has 1 aliphatic rings. The van der Waals surface area contributed by atoms with Gasteiger partial charge in [0.25, 0.3) is 6.64 Å². The second-order valence-electron chi connectivity index (χ2n) is 2.91. The molecule has 5 nitrogen and oxygen atoms in total. The molecule has 0 saturated carbocycles. The van der Waals surface area contributed by atoms with E-state index in [0.717, 1.165) is 0 Å². The molecule has 3 atom stereocenters. The monoisotopic (exact) mass is 223 g/mol. The van der Waals surface area contributed by atoms with Crippen molar-refractivity contribution >= 4 is 26.3 Å². The maximum absolute atomic E-state index is 8.97. The smallest absolute Gasteiger partial charge is 0.256 e. The van der Waals surface area contributed by atoms with E-state index in [9.17, 15) is 0 Å². The van der Waals surface area contributed by atoms with E-state index in [4.69, 9.17) is 27.5 Å². The van der Waals surface area contributed by atoms with Crippen LogP contribution < -0.4 is 5.09 Å². The van der Waals surface area contributed by atoms with Gasteiger partial charge in [-0.15, -0.1) is 0 Å². The van der Waals surface area contributed by atoms with Gasteiger partial charge in [-0.1, -0.05) is 0 Å². The largest absolute Gasteiger partial charge is 0.394 e. The minimum Gasteiger partial charge on any atom is -0.394 e. The Bertz CT molecular complexity index is 225. The average molecular weight is 223 g/mol. The van der Waals surface area contributed by atoms with Gasteiger partial charge in [-0.05, 0) is 18.2 Å². The summed E-state index contributed by atoms with van der Waals surface area (Å²) in [6.45, 7) is -3.68. The first-order valence-electron chi connectivity index (χ1n) is 3.77. The van der Waals surface area contributed by atoms with Crippen LogP contribution in [-0.2, 0) is 16.5 Å². The van der Waals surface area contributed by atoms with Crippen molar-refractivity contribution < 1.29 is 19.6 Å². The summed E-state index contributed by atoms with van der Waals surface area (Å²) in [5.74, 6) is 0. The maximum Gasteiger partial charge on any atom is 0.256 e. The molecule has 1 heterocycles. The SMILES string of the molecule is [B][C@H]1C[C@@H](NP(O)(O)=S)[C@@H](CO)O1. The molecular weight excluding hydrogens is 212 g/mol. The number of aliphatic hydroxyl groups excluding tert-OH is 1. The zero-order valence-electron chi connectivity index (χ0n) is 6.83. The van der Waals surface area contributed by atoms with E-state index in [0.29, 0.717) is 6.42 Å². The van der Waals surface area contributed by atoms with Gasteiger partial charge in [0, 0.05) is 12.0 Å². The minimum atomic E-state index is -3.46. The average Bonchev–Trinajstić information content (AvgIpc) is 2.27. The van der Waals surface area contributed by atoms with Gasteiger partial charge in [-0.3, -0.25) is 0 Å². The Labute approximate surface area is 82.7 Å². The van der Waals surface area contributed by atoms with Crippen molar-refractivity contribution in [1.29, 1.82) is 0 Å². The third-order valence-corrected chi connectivity index (χ3v) is 2.78. The molecule has 0 amide bonds. The molecule has 0 aromatic heterocycles. The Hall–Kier alpha value is 0.515. The van der Waals surface area contributed by atoms with Crippen LogP contribution in [0.15, 0.2) is 0 Å². The normalized spacial score (nSPS) is 35.2. The zero-order valence-corrected chi connectivity index (χ0v) is 8.54. The quantitative estimate of drug-likeness (QED) is 0.342. The van der Waals surface area contributed by atoms with E-state index < -0.39 is 18.7 Å². The fraction of sp³-hybridized carbons (Fsp3) is 1.00. The molecule has 0 aromatic carbocycles. The van der Waals surface area contributed by atoms with Crippen LogP contribution in [0.3, 0.4) is 0 Å². The lowest BCUT2D eigenvalue weighted by Gasteiger charge is -2.20. The molecule has 4 N–H and O–H groups in total. The number of rotatable bonds is 3. The highest BCUT2D eigenvalue weighted by Gasteiger charge is 2.34. The lowest BCUT2D eigenvalue weighted by molar-refractivity contribution is 0.0356. The van der Waals surface area contributed by atoms with E-state index in [1.807, 2.05) is 0 Å². The first-order chi connectivity index (χ1) is 5.92. The van der Waals surface area contributed by atoms with Crippen LogP contribution in [0, 0.1) is 0 Å². The highest BCUT2D eigenvalue weighted by atomic mass is 32.5. The molecule has 0 spiro atoms. The maximum atomic E-state index is 8.97. The van der Waals surface area contributed by atoms with Crippen molar-refractivity contribution in [3.05, 3.63) is 0 Å². The highest BCUT2D eigenvalue weighted by molar-refractivity contribution is 8.08. The first-order valence-corrected chi connectivity index (χ1v) is 6.48. The molecule has 1 aliphatic heterocycles. The fourth-order valence-electron chi connectivity index (χ4n) is 1.30. The van der Waals surface area contributed by atoms with Crippen molar-refractivity contribution in [3.63, 3.8) is 0 Å². The van der Waals surface area contributed by atoms with E-state index in [-0.39, 0.29) is 12.6 Å². The molecule has 13 heavy (non-hydrogen) atoms. The van der Waals surface area contributed by atoms with Crippen LogP contribution in [-0.4, -0.2) is 47.5 Å². The Morgan fingerprint density at radius 1 is 1.62 bits per heavy atom. The predicted octanol–water partition coefficient (Wildman–Crippen LogP) is -1.57. The summed E-state index contributed by atoms with van der Waals surface area (Å²) in [7, 11) is 5.45. The van der Waals surface area contributed by atoms with Gasteiger partial charge in [0.2, 0.25) is 0 Å². The summed E-state index contributed by atoms with van der Waals surface area (Å²) in [6, 6.07) is -0.878. The summed E-state index contributed by atoms with van der Waals surface area (Å²) in [6.07, 6.45) is -0.110. The van der Waals surface area contributed by atoms with E-state index in [1.165, 1.54) is 0 Å². The van der Waals surface area contributed by atoms with Crippen molar-refractivity contribution in [3.8, 4) is 0 Å². The van der Waals surface area contributed by atoms with Crippen molar-refractivity contribution in [2.45, 2.75) is 24.6 Å². The Morgan fingerprint density at radius 3 is 2.69 bits per heavy atom. The summed E-state index contributed by atoms with van der Waals surface area (Å²) >= 11 is 4.39. The van der Waals surface area contributed by atoms with Crippen LogP contribution in [0.1, 0.15) is 6.42 Å². The van der Waals surface area contributed by atoms with Gasteiger partial charge < -0.3 is 19.6 Å². The Balaban J connectivity index is 2.54. The van der Waals surface area contributed by atoms with Crippen molar-refractivity contribution in [2.24, 2.45) is 0 Å². The molecule has 1 saturated heterocycles. The number of ether oxygens (including phenoxy) is 1. The zero-order chi connectivity index (χ0) is 10.1. The number of hydrogen-bond acceptors (Lipinski definition) is 3. The fourth-order valence-corrected chi connectivity index (χ4v) is 2.41. The highest BCUT2D eigenvalue weighted by Crippen LogP contribution is 2.33. The molecular formula is C5H11BNO4PS. The number of hydrogen-bond donors (Lipinski definition) is 4. The standard InChI is InChI=1S/C5H11BNO4PS/c6-5-1-3(4(2-8)11-5)7-12(9,10)13/h3-5,8H,1-2H2,(H3,7,9,10,13)/t3-,4-,5-/m1/s1. The van der Waals surface area contributed by atoms with Crippen molar-refractivity contribution in [1.82, 2.24) is 5.09 Å². The summed E-state index contributed by atoms with van der Waals surface area (Å²) in [5, 5.41) is 11.3. The third kappa shape index (κ3) is 3.63. The van der Waals surface area contributed by atoms with E-state index >= 15 is 0 Å². The van der Waals surface area contributed by atoms with Gasteiger partial charge in [-0.2, -0.15) is 0 Å². The molecule has 0 bridgehead atoms. The molecule has 0 aliphatic carbocycles. The molecule has 8 heteroatoms. The van der Waals surface area contributed by atoms with Crippen LogP contribution >= 0.6 is 6.64 Å². The number of nitrogens with one attached hydrogen (secondary N) is 1. The van der Waals surface area contributed by atoms with E-state index in [1.54, 1.807) is 0 Å². The topological polar surface area (TPSA) is 82.0 Å². The molecule has 1 rings (SSSR count). The van der Waals surface area contributed by atoms with Crippen molar-refractivity contribution in [2.75, 3.05) is 6.61 Å². The number of aliphatic hydroxyl groups is 1. The van der Waals surface area contributed by atoms with Gasteiger partial charge in [0.15, 0.2) is 0 Å². The van der Waals surface area contributed by atoms with Gasteiger partial charge >= 0.3 is 0 Å². The van der Waals surface area contributed by atoms with Gasteiger partial charge in [-0.25, -0.2) is 5.09 Å². The predicted molar refractivity (Wildman–Crippen MR) is 51.8 cm³/mol. The van der Waals surface area contributed by atoms with Crippen LogP contribution in [0.5, 0.6) is 0 Å². The molecule has 0 unspecified atom stereocenters. The summed E-state index contributed by atoms with van der Waals surface area (Å²) in [4.78, 5) is 17.9. The van der Waals surface area contributed by atoms with Gasteiger partial charge in [0.05, 0.1) is 12.7 Å². The molecule has 0 aromatic rings. The first kappa shape index (κ1) is 11.6. The summed E-state index contributed by atoms with van der Waals surface area (Å²) in [5.41, 5.74) is 0. The van der Waals surface area contributed by atoms with Crippen LogP contribution in [0.2, 0.25) is 0 Å². The van der Waals surface area contributed by atoms with Crippen LogP contribution in [0.25, 0.3) is 0 Å². The molecule has 2 radical (unpaired) electrons. The molecule has 1 fully saturated rings. The second-order valence-corrected chi connectivity index (χ2v) is 5.78. The Kier molecular flexibility index (Phi) is 3.88. The second kappa shape index (κ2) is 4.36. The van der Waals surface area contributed by atoms with Gasteiger partial charge in [0.1, 0.15) is 7.85 Å². The minimum absolute atomic E-state index is 0.222. The molecule has 74 valence electrons. The third-order valence-electron chi connectivity index (χ3n) is 1.80.